The first kappa shape index (κ1) is 12.8. The standard InChI is InChI=1S/C14H11ClF2O/c15-8-10-3-1-4-11(7-10)18-9-12-13(16)5-2-6-14(12)17/h1-7H,8-9H2. The molecule has 2 rings (SSSR count). The zero-order valence-corrected chi connectivity index (χ0v) is 10.3. The monoisotopic (exact) mass is 268 g/mol. The van der Waals surface area contributed by atoms with Crippen LogP contribution in [0.25, 0.3) is 0 Å². The molecule has 0 bridgehead atoms. The number of hydrogen-bond acceptors (Lipinski definition) is 1. The average molecular weight is 269 g/mol. The molecule has 1 nitrogen and oxygen atoms in total. The molecule has 2 aromatic rings. The van der Waals surface area contributed by atoms with Crippen LogP contribution in [-0.4, -0.2) is 0 Å². The molecule has 0 aromatic heterocycles. The second kappa shape index (κ2) is 5.83. The Labute approximate surface area is 109 Å². The number of halogens is 3. The largest absolute Gasteiger partial charge is 0.489 e. The summed E-state index contributed by atoms with van der Waals surface area (Å²) in [6, 6.07) is 10.8. The van der Waals surface area contributed by atoms with Crippen LogP contribution >= 0.6 is 11.6 Å². The van der Waals surface area contributed by atoms with E-state index >= 15 is 0 Å². The molecule has 0 atom stereocenters. The van der Waals surface area contributed by atoms with Gasteiger partial charge in [0.05, 0.1) is 5.56 Å². The number of hydrogen-bond donors (Lipinski definition) is 0. The van der Waals surface area contributed by atoms with Gasteiger partial charge in [-0.2, -0.15) is 0 Å². The number of alkyl halides is 1. The van der Waals surface area contributed by atoms with Gasteiger partial charge in [-0.05, 0) is 29.8 Å². The Bertz CT molecular complexity index is 523. The zero-order chi connectivity index (χ0) is 13.0. The molecular weight excluding hydrogens is 258 g/mol. The van der Waals surface area contributed by atoms with Gasteiger partial charge in [0.15, 0.2) is 0 Å². The highest BCUT2D eigenvalue weighted by atomic mass is 35.5. The van der Waals surface area contributed by atoms with Gasteiger partial charge in [0.25, 0.3) is 0 Å². The molecular formula is C14H11ClF2O. The first-order chi connectivity index (χ1) is 8.70. The first-order valence-electron chi connectivity index (χ1n) is 5.41. The van der Waals surface area contributed by atoms with Gasteiger partial charge in [-0.3, -0.25) is 0 Å². The van der Waals surface area contributed by atoms with Gasteiger partial charge >= 0.3 is 0 Å². The van der Waals surface area contributed by atoms with Crippen LogP contribution in [0, 0.1) is 11.6 Å². The summed E-state index contributed by atoms with van der Waals surface area (Å²) < 4.78 is 32.1. The minimum absolute atomic E-state index is 0.0752. The Balaban J connectivity index is 2.11. The third-order valence-electron chi connectivity index (χ3n) is 2.50. The Kier molecular flexibility index (Phi) is 4.15. The second-order valence-corrected chi connectivity index (χ2v) is 4.04. The summed E-state index contributed by atoms with van der Waals surface area (Å²) in [7, 11) is 0. The van der Waals surface area contributed by atoms with Crippen molar-refractivity contribution in [2.24, 2.45) is 0 Å². The van der Waals surface area contributed by atoms with Gasteiger partial charge in [-0.25, -0.2) is 8.78 Å². The van der Waals surface area contributed by atoms with Crippen molar-refractivity contribution in [3.8, 4) is 5.75 Å². The average Bonchev–Trinajstić information content (AvgIpc) is 2.38. The maximum atomic E-state index is 13.4. The Hall–Kier alpha value is -1.61. The van der Waals surface area contributed by atoms with Gasteiger partial charge < -0.3 is 4.74 Å². The smallest absolute Gasteiger partial charge is 0.132 e. The SMILES string of the molecule is Fc1cccc(F)c1COc1cccc(CCl)c1. The van der Waals surface area contributed by atoms with Crippen LogP contribution < -0.4 is 4.74 Å². The van der Waals surface area contributed by atoms with Crippen molar-refractivity contribution in [1.82, 2.24) is 0 Å². The number of ether oxygens (including phenoxy) is 1. The maximum Gasteiger partial charge on any atom is 0.132 e. The fraction of sp³-hybridized carbons (Fsp3) is 0.143. The summed E-state index contributed by atoms with van der Waals surface area (Å²) in [5, 5.41) is 0. The minimum atomic E-state index is -0.608. The Morgan fingerprint density at radius 3 is 2.33 bits per heavy atom. The van der Waals surface area contributed by atoms with Gasteiger partial charge in [0, 0.05) is 5.88 Å². The van der Waals surface area contributed by atoms with Crippen LogP contribution in [0.3, 0.4) is 0 Å². The lowest BCUT2D eigenvalue weighted by molar-refractivity contribution is 0.292. The van der Waals surface area contributed by atoms with E-state index in [1.807, 2.05) is 6.07 Å². The molecule has 94 valence electrons. The first-order valence-corrected chi connectivity index (χ1v) is 5.95. The molecule has 18 heavy (non-hydrogen) atoms. The highest BCUT2D eigenvalue weighted by Crippen LogP contribution is 2.18. The maximum absolute atomic E-state index is 13.4. The minimum Gasteiger partial charge on any atom is -0.489 e. The van der Waals surface area contributed by atoms with E-state index in [1.165, 1.54) is 18.2 Å². The number of benzene rings is 2. The molecule has 0 N–H and O–H groups in total. The van der Waals surface area contributed by atoms with Gasteiger partial charge in [-0.1, -0.05) is 18.2 Å². The van der Waals surface area contributed by atoms with Crippen LogP contribution in [0.2, 0.25) is 0 Å². The third kappa shape index (κ3) is 2.99. The molecule has 0 saturated carbocycles. The lowest BCUT2D eigenvalue weighted by atomic mass is 10.2. The van der Waals surface area contributed by atoms with Crippen LogP contribution in [0.5, 0.6) is 5.75 Å². The number of rotatable bonds is 4. The van der Waals surface area contributed by atoms with E-state index in [0.29, 0.717) is 11.6 Å². The van der Waals surface area contributed by atoms with Crippen molar-refractivity contribution in [3.05, 3.63) is 65.2 Å². The van der Waals surface area contributed by atoms with E-state index in [-0.39, 0.29) is 12.2 Å². The van der Waals surface area contributed by atoms with Crippen molar-refractivity contribution in [2.75, 3.05) is 0 Å². The quantitative estimate of drug-likeness (QED) is 0.752. The molecule has 0 saturated heterocycles. The predicted molar refractivity (Wildman–Crippen MR) is 66.7 cm³/mol. The molecule has 0 aliphatic carbocycles. The van der Waals surface area contributed by atoms with Gasteiger partial charge in [0.1, 0.15) is 24.0 Å². The molecule has 0 radical (unpaired) electrons. The Morgan fingerprint density at radius 1 is 1.00 bits per heavy atom. The van der Waals surface area contributed by atoms with Gasteiger partial charge in [-0.15, -0.1) is 11.6 Å². The van der Waals surface area contributed by atoms with Crippen molar-refractivity contribution in [2.45, 2.75) is 12.5 Å². The molecule has 0 unspecified atom stereocenters. The van der Waals surface area contributed by atoms with E-state index < -0.39 is 11.6 Å². The normalized spacial score (nSPS) is 10.4. The van der Waals surface area contributed by atoms with E-state index in [9.17, 15) is 8.78 Å². The molecule has 0 amide bonds. The van der Waals surface area contributed by atoms with E-state index in [0.717, 1.165) is 5.56 Å². The van der Waals surface area contributed by atoms with Crippen molar-refractivity contribution in [3.63, 3.8) is 0 Å². The summed E-state index contributed by atoms with van der Waals surface area (Å²) in [4.78, 5) is 0. The summed E-state index contributed by atoms with van der Waals surface area (Å²) in [6.45, 7) is -0.149. The zero-order valence-electron chi connectivity index (χ0n) is 9.50. The summed E-state index contributed by atoms with van der Waals surface area (Å²) in [5.41, 5.74) is 0.817. The van der Waals surface area contributed by atoms with Crippen LogP contribution in [0.4, 0.5) is 8.78 Å². The van der Waals surface area contributed by atoms with Crippen molar-refractivity contribution in [1.29, 1.82) is 0 Å². The lowest BCUT2D eigenvalue weighted by Crippen LogP contribution is -2.01. The fourth-order valence-corrected chi connectivity index (χ4v) is 1.71. The molecule has 4 heteroatoms. The predicted octanol–water partition coefficient (Wildman–Crippen LogP) is 4.28. The molecule has 2 aromatic carbocycles. The van der Waals surface area contributed by atoms with E-state index in [1.54, 1.807) is 18.2 Å². The molecule has 0 aliphatic rings. The Morgan fingerprint density at radius 2 is 1.67 bits per heavy atom. The summed E-state index contributed by atoms with van der Waals surface area (Å²) in [6.07, 6.45) is 0. The molecule has 0 spiro atoms. The van der Waals surface area contributed by atoms with E-state index in [2.05, 4.69) is 0 Å². The fourth-order valence-electron chi connectivity index (χ4n) is 1.54. The molecule has 0 fully saturated rings. The lowest BCUT2D eigenvalue weighted by Gasteiger charge is -2.08. The van der Waals surface area contributed by atoms with Crippen LogP contribution in [0.1, 0.15) is 11.1 Å². The molecule has 0 aliphatic heterocycles. The van der Waals surface area contributed by atoms with Crippen molar-refractivity contribution < 1.29 is 13.5 Å². The van der Waals surface area contributed by atoms with Crippen LogP contribution in [-0.2, 0) is 12.5 Å². The highest BCUT2D eigenvalue weighted by Gasteiger charge is 2.08. The van der Waals surface area contributed by atoms with Crippen LogP contribution in [0.15, 0.2) is 42.5 Å². The highest BCUT2D eigenvalue weighted by molar-refractivity contribution is 6.17. The van der Waals surface area contributed by atoms with Gasteiger partial charge in [0.2, 0.25) is 0 Å². The second-order valence-electron chi connectivity index (χ2n) is 3.77. The topological polar surface area (TPSA) is 9.23 Å². The molecule has 0 heterocycles. The summed E-state index contributed by atoms with van der Waals surface area (Å²) >= 11 is 5.69. The summed E-state index contributed by atoms with van der Waals surface area (Å²) in [5.74, 6) is -0.312. The third-order valence-corrected chi connectivity index (χ3v) is 2.81. The van der Waals surface area contributed by atoms with E-state index in [4.69, 9.17) is 16.3 Å². The van der Waals surface area contributed by atoms with Crippen molar-refractivity contribution >= 4 is 11.6 Å².